The third-order valence-electron chi connectivity index (χ3n) is 3.96. The van der Waals surface area contributed by atoms with Crippen molar-refractivity contribution in [2.24, 2.45) is 0 Å². The van der Waals surface area contributed by atoms with Gasteiger partial charge in [-0.1, -0.05) is 30.3 Å². The third-order valence-corrected chi connectivity index (χ3v) is 3.96. The van der Waals surface area contributed by atoms with E-state index in [4.69, 9.17) is 9.47 Å². The van der Waals surface area contributed by atoms with Gasteiger partial charge in [-0.15, -0.1) is 0 Å². The van der Waals surface area contributed by atoms with Crippen molar-refractivity contribution in [3.05, 3.63) is 59.7 Å². The number of carbonyl (C=O) groups excluding carboxylic acids is 1. The van der Waals surface area contributed by atoms with Crippen molar-refractivity contribution in [3.8, 4) is 11.5 Å². The lowest BCUT2D eigenvalue weighted by atomic mass is 10.1. The fourth-order valence-corrected chi connectivity index (χ4v) is 2.52. The van der Waals surface area contributed by atoms with Gasteiger partial charge in [-0.05, 0) is 31.8 Å². The van der Waals surface area contributed by atoms with E-state index in [-0.39, 0.29) is 5.91 Å². The summed E-state index contributed by atoms with van der Waals surface area (Å²) in [4.78, 5) is 17.0. The standard InChI is InChI=1S/C20H26N2O3/c1-21(2)12-13-22(15-16-8-6-5-7-9-16)20(23)18-11-10-17(24-3)14-19(18)25-4/h5-11,14H,12-13,15H2,1-4H3. The van der Waals surface area contributed by atoms with Crippen LogP contribution in [0, 0.1) is 0 Å². The van der Waals surface area contributed by atoms with Crippen molar-refractivity contribution < 1.29 is 14.3 Å². The molecule has 0 aliphatic rings. The quantitative estimate of drug-likeness (QED) is 0.740. The van der Waals surface area contributed by atoms with Crippen LogP contribution in [0.15, 0.2) is 48.5 Å². The molecular formula is C20H26N2O3. The highest BCUT2D eigenvalue weighted by atomic mass is 16.5. The number of nitrogens with zero attached hydrogens (tertiary/aromatic N) is 2. The molecule has 0 unspecified atom stereocenters. The molecule has 1 amide bonds. The zero-order valence-electron chi connectivity index (χ0n) is 15.4. The van der Waals surface area contributed by atoms with Gasteiger partial charge in [-0.25, -0.2) is 0 Å². The highest BCUT2D eigenvalue weighted by molar-refractivity contribution is 5.97. The summed E-state index contributed by atoms with van der Waals surface area (Å²) >= 11 is 0. The van der Waals surface area contributed by atoms with Gasteiger partial charge >= 0.3 is 0 Å². The predicted octanol–water partition coefficient (Wildman–Crippen LogP) is 2.91. The Bertz CT molecular complexity index is 687. The summed E-state index contributed by atoms with van der Waals surface area (Å²) in [6.45, 7) is 1.98. The van der Waals surface area contributed by atoms with Crippen molar-refractivity contribution in [1.82, 2.24) is 9.80 Å². The van der Waals surface area contributed by atoms with E-state index in [9.17, 15) is 4.79 Å². The Morgan fingerprint density at radius 1 is 0.960 bits per heavy atom. The number of likely N-dealkylation sites (N-methyl/N-ethyl adjacent to an activating group) is 1. The smallest absolute Gasteiger partial charge is 0.257 e. The Labute approximate surface area is 149 Å². The number of amides is 1. The molecular weight excluding hydrogens is 316 g/mol. The first-order valence-electron chi connectivity index (χ1n) is 8.25. The Balaban J connectivity index is 2.27. The Morgan fingerprint density at radius 2 is 1.68 bits per heavy atom. The zero-order valence-corrected chi connectivity index (χ0v) is 15.4. The van der Waals surface area contributed by atoms with Crippen LogP contribution in [0.2, 0.25) is 0 Å². The topological polar surface area (TPSA) is 42.0 Å². The number of ether oxygens (including phenoxy) is 2. The maximum absolute atomic E-state index is 13.1. The minimum Gasteiger partial charge on any atom is -0.497 e. The molecule has 0 aromatic heterocycles. The van der Waals surface area contributed by atoms with Gasteiger partial charge < -0.3 is 19.3 Å². The van der Waals surface area contributed by atoms with Crippen molar-refractivity contribution in [1.29, 1.82) is 0 Å². The summed E-state index contributed by atoms with van der Waals surface area (Å²) < 4.78 is 10.6. The molecule has 25 heavy (non-hydrogen) atoms. The summed E-state index contributed by atoms with van der Waals surface area (Å²) in [5.41, 5.74) is 1.64. The van der Waals surface area contributed by atoms with E-state index in [1.165, 1.54) is 0 Å². The van der Waals surface area contributed by atoms with Crippen LogP contribution in [0.25, 0.3) is 0 Å². The summed E-state index contributed by atoms with van der Waals surface area (Å²) in [5, 5.41) is 0. The predicted molar refractivity (Wildman–Crippen MR) is 99.3 cm³/mol. The second-order valence-corrected chi connectivity index (χ2v) is 6.08. The largest absolute Gasteiger partial charge is 0.497 e. The van der Waals surface area contributed by atoms with Crippen LogP contribution < -0.4 is 9.47 Å². The lowest BCUT2D eigenvalue weighted by Crippen LogP contribution is -2.36. The van der Waals surface area contributed by atoms with Gasteiger partial charge in [0.05, 0.1) is 19.8 Å². The van der Waals surface area contributed by atoms with E-state index < -0.39 is 0 Å². The average molecular weight is 342 g/mol. The molecule has 2 rings (SSSR count). The summed E-state index contributed by atoms with van der Waals surface area (Å²) in [6, 6.07) is 15.3. The van der Waals surface area contributed by atoms with Crippen LogP contribution in [-0.4, -0.2) is 57.1 Å². The summed E-state index contributed by atoms with van der Waals surface area (Å²) in [5.74, 6) is 1.13. The van der Waals surface area contributed by atoms with E-state index in [1.807, 2.05) is 49.3 Å². The molecule has 0 spiro atoms. The summed E-state index contributed by atoms with van der Waals surface area (Å²) in [6.07, 6.45) is 0. The zero-order chi connectivity index (χ0) is 18.2. The lowest BCUT2D eigenvalue weighted by molar-refractivity contribution is 0.0728. The lowest BCUT2D eigenvalue weighted by Gasteiger charge is -2.25. The molecule has 134 valence electrons. The fraction of sp³-hybridized carbons (Fsp3) is 0.350. The van der Waals surface area contributed by atoms with Crippen LogP contribution in [0.4, 0.5) is 0 Å². The van der Waals surface area contributed by atoms with Gasteiger partial charge in [-0.2, -0.15) is 0 Å². The van der Waals surface area contributed by atoms with Crippen LogP contribution >= 0.6 is 0 Å². The van der Waals surface area contributed by atoms with Gasteiger partial charge in [0.1, 0.15) is 11.5 Å². The number of methoxy groups -OCH3 is 2. The van der Waals surface area contributed by atoms with Crippen LogP contribution in [0.1, 0.15) is 15.9 Å². The van der Waals surface area contributed by atoms with Crippen LogP contribution in [0.3, 0.4) is 0 Å². The maximum Gasteiger partial charge on any atom is 0.257 e. The number of hydrogen-bond acceptors (Lipinski definition) is 4. The van der Waals surface area contributed by atoms with Crippen molar-refractivity contribution in [2.75, 3.05) is 41.4 Å². The van der Waals surface area contributed by atoms with Crippen LogP contribution in [-0.2, 0) is 6.54 Å². The molecule has 2 aromatic rings. The van der Waals surface area contributed by atoms with Gasteiger partial charge in [0, 0.05) is 25.7 Å². The fourth-order valence-electron chi connectivity index (χ4n) is 2.52. The molecule has 0 aliphatic heterocycles. The van der Waals surface area contributed by atoms with Gasteiger partial charge in [0.25, 0.3) is 5.91 Å². The minimum atomic E-state index is -0.0507. The highest BCUT2D eigenvalue weighted by Gasteiger charge is 2.20. The highest BCUT2D eigenvalue weighted by Crippen LogP contribution is 2.26. The minimum absolute atomic E-state index is 0.0507. The first kappa shape index (κ1) is 18.8. The van der Waals surface area contributed by atoms with E-state index in [0.717, 1.165) is 12.1 Å². The molecule has 0 bridgehead atoms. The number of hydrogen-bond donors (Lipinski definition) is 0. The molecule has 0 radical (unpaired) electrons. The maximum atomic E-state index is 13.1. The molecule has 5 heteroatoms. The molecule has 0 saturated carbocycles. The molecule has 0 saturated heterocycles. The Kier molecular flexibility index (Phi) is 6.83. The van der Waals surface area contributed by atoms with E-state index >= 15 is 0 Å². The molecule has 0 heterocycles. The van der Waals surface area contributed by atoms with E-state index in [0.29, 0.717) is 30.2 Å². The molecule has 0 atom stereocenters. The first-order valence-corrected chi connectivity index (χ1v) is 8.25. The second-order valence-electron chi connectivity index (χ2n) is 6.08. The third kappa shape index (κ3) is 5.22. The average Bonchev–Trinajstić information content (AvgIpc) is 2.64. The molecule has 2 aromatic carbocycles. The monoisotopic (exact) mass is 342 g/mol. The summed E-state index contributed by atoms with van der Waals surface area (Å²) in [7, 11) is 7.15. The first-order chi connectivity index (χ1) is 12.0. The molecule has 5 nitrogen and oxygen atoms in total. The second kappa shape index (κ2) is 9.08. The molecule has 0 aliphatic carbocycles. The normalized spacial score (nSPS) is 10.6. The SMILES string of the molecule is COc1ccc(C(=O)N(CCN(C)C)Cc2ccccc2)c(OC)c1. The van der Waals surface area contributed by atoms with E-state index in [2.05, 4.69) is 4.90 Å². The van der Waals surface area contributed by atoms with Crippen molar-refractivity contribution in [2.45, 2.75) is 6.54 Å². The van der Waals surface area contributed by atoms with Gasteiger partial charge in [-0.3, -0.25) is 4.79 Å². The van der Waals surface area contributed by atoms with Crippen LogP contribution in [0.5, 0.6) is 11.5 Å². The molecule has 0 fully saturated rings. The number of carbonyl (C=O) groups is 1. The Morgan fingerprint density at radius 3 is 2.28 bits per heavy atom. The van der Waals surface area contributed by atoms with Crippen molar-refractivity contribution in [3.63, 3.8) is 0 Å². The number of benzene rings is 2. The molecule has 0 N–H and O–H groups in total. The van der Waals surface area contributed by atoms with Gasteiger partial charge in [0.15, 0.2) is 0 Å². The van der Waals surface area contributed by atoms with Crippen molar-refractivity contribution >= 4 is 5.91 Å². The number of rotatable bonds is 8. The Hall–Kier alpha value is -2.53. The van der Waals surface area contributed by atoms with Gasteiger partial charge in [0.2, 0.25) is 0 Å². The van der Waals surface area contributed by atoms with E-state index in [1.54, 1.807) is 32.4 Å².